The van der Waals surface area contributed by atoms with Crippen LogP contribution >= 0.6 is 24.0 Å². The molecular weight excluding hydrogens is 422 g/mol. The number of methoxy groups -OCH3 is 1. The standard InChI is InChI=1S/C15H28F3N3O.HI/c1-19-13(20-10-4-3-8-15(16,17)18)21-12-14(6-5-7-14)9-11-22-2;/h3-12H2,1-2H3,(H2,19,20,21);1H. The van der Waals surface area contributed by atoms with Gasteiger partial charge in [0.15, 0.2) is 5.96 Å². The zero-order valence-electron chi connectivity index (χ0n) is 14.0. The van der Waals surface area contributed by atoms with Gasteiger partial charge in [0.2, 0.25) is 0 Å². The van der Waals surface area contributed by atoms with E-state index >= 15 is 0 Å². The maximum absolute atomic E-state index is 12.0. The zero-order chi connectivity index (χ0) is 16.5. The van der Waals surface area contributed by atoms with Crippen LogP contribution in [0.5, 0.6) is 0 Å². The van der Waals surface area contributed by atoms with Crippen molar-refractivity contribution in [3.8, 4) is 0 Å². The molecule has 0 heterocycles. The van der Waals surface area contributed by atoms with Gasteiger partial charge in [-0.3, -0.25) is 4.99 Å². The Kier molecular flexibility index (Phi) is 11.2. The van der Waals surface area contributed by atoms with Gasteiger partial charge in [-0.2, -0.15) is 13.2 Å². The van der Waals surface area contributed by atoms with Gasteiger partial charge in [0.1, 0.15) is 0 Å². The molecule has 0 aromatic heterocycles. The SMILES string of the molecule is CN=C(NCCCCC(F)(F)F)NCC1(CCOC)CCC1.I. The first-order chi connectivity index (χ1) is 10.4. The topological polar surface area (TPSA) is 45.7 Å². The molecule has 0 saturated heterocycles. The highest BCUT2D eigenvalue weighted by molar-refractivity contribution is 14.0. The summed E-state index contributed by atoms with van der Waals surface area (Å²) in [6.45, 7) is 2.09. The molecule has 2 N–H and O–H groups in total. The molecule has 0 unspecified atom stereocenters. The summed E-state index contributed by atoms with van der Waals surface area (Å²) in [6.07, 6.45) is 0.491. The van der Waals surface area contributed by atoms with Crippen LogP contribution in [0.25, 0.3) is 0 Å². The molecule has 138 valence electrons. The highest BCUT2D eigenvalue weighted by Gasteiger charge is 2.36. The van der Waals surface area contributed by atoms with Gasteiger partial charge < -0.3 is 15.4 Å². The second kappa shape index (κ2) is 11.3. The fourth-order valence-electron chi connectivity index (χ4n) is 2.66. The predicted octanol–water partition coefficient (Wildman–Crippen LogP) is 3.71. The summed E-state index contributed by atoms with van der Waals surface area (Å²) in [7, 11) is 3.38. The summed E-state index contributed by atoms with van der Waals surface area (Å²) in [4.78, 5) is 4.12. The lowest BCUT2D eigenvalue weighted by Crippen LogP contribution is -2.47. The van der Waals surface area contributed by atoms with E-state index in [0.29, 0.717) is 18.9 Å². The predicted molar refractivity (Wildman–Crippen MR) is 97.5 cm³/mol. The van der Waals surface area contributed by atoms with Gasteiger partial charge in [0, 0.05) is 40.3 Å². The van der Waals surface area contributed by atoms with Crippen molar-refractivity contribution in [3.05, 3.63) is 0 Å². The summed E-state index contributed by atoms with van der Waals surface area (Å²) < 4.78 is 41.3. The first-order valence-corrected chi connectivity index (χ1v) is 7.91. The van der Waals surface area contributed by atoms with E-state index in [9.17, 15) is 13.2 Å². The zero-order valence-corrected chi connectivity index (χ0v) is 16.3. The van der Waals surface area contributed by atoms with Crippen LogP contribution in [0.4, 0.5) is 13.2 Å². The van der Waals surface area contributed by atoms with Gasteiger partial charge in [-0.1, -0.05) is 6.42 Å². The number of hydrogen-bond donors (Lipinski definition) is 2. The van der Waals surface area contributed by atoms with Gasteiger partial charge in [-0.25, -0.2) is 0 Å². The highest BCUT2D eigenvalue weighted by Crippen LogP contribution is 2.43. The molecule has 1 aliphatic rings. The number of guanidine groups is 1. The van der Waals surface area contributed by atoms with Gasteiger partial charge >= 0.3 is 6.18 Å². The monoisotopic (exact) mass is 451 g/mol. The largest absolute Gasteiger partial charge is 0.389 e. The fraction of sp³-hybridized carbons (Fsp3) is 0.933. The molecule has 4 nitrogen and oxygen atoms in total. The number of nitrogens with one attached hydrogen (secondary N) is 2. The smallest absolute Gasteiger partial charge is 0.385 e. The van der Waals surface area contributed by atoms with Crippen molar-refractivity contribution in [3.63, 3.8) is 0 Å². The highest BCUT2D eigenvalue weighted by atomic mass is 127. The molecule has 0 aromatic rings. The molecule has 8 heteroatoms. The molecule has 0 bridgehead atoms. The summed E-state index contributed by atoms with van der Waals surface area (Å²) in [5, 5.41) is 6.36. The van der Waals surface area contributed by atoms with Crippen LogP contribution in [-0.2, 0) is 4.74 Å². The van der Waals surface area contributed by atoms with E-state index in [4.69, 9.17) is 4.74 Å². The molecule has 1 fully saturated rings. The number of aliphatic imine (C=N–C) groups is 1. The van der Waals surface area contributed by atoms with Crippen LogP contribution in [0.1, 0.15) is 44.9 Å². The Labute approximate surface area is 154 Å². The van der Waals surface area contributed by atoms with Crippen LogP contribution in [-0.4, -0.2) is 46.0 Å². The number of alkyl halides is 3. The van der Waals surface area contributed by atoms with Crippen molar-refractivity contribution in [2.45, 2.75) is 51.1 Å². The number of rotatable bonds is 9. The van der Waals surface area contributed by atoms with Crippen molar-refractivity contribution >= 4 is 29.9 Å². The third-order valence-corrected chi connectivity index (χ3v) is 4.28. The summed E-state index contributed by atoms with van der Waals surface area (Å²) in [6, 6.07) is 0. The van der Waals surface area contributed by atoms with Gasteiger partial charge in [0.05, 0.1) is 0 Å². The molecule has 0 spiro atoms. The Bertz CT molecular complexity index is 347. The van der Waals surface area contributed by atoms with E-state index in [1.807, 2.05) is 0 Å². The lowest BCUT2D eigenvalue weighted by molar-refractivity contribution is -0.135. The Morgan fingerprint density at radius 2 is 1.91 bits per heavy atom. The van der Waals surface area contributed by atoms with E-state index in [1.165, 1.54) is 19.3 Å². The molecule has 1 rings (SSSR count). The summed E-state index contributed by atoms with van der Waals surface area (Å²) >= 11 is 0. The first kappa shape index (κ1) is 22.8. The lowest BCUT2D eigenvalue weighted by atomic mass is 9.67. The van der Waals surface area contributed by atoms with E-state index in [2.05, 4.69) is 15.6 Å². The van der Waals surface area contributed by atoms with Gasteiger partial charge in [-0.05, 0) is 37.5 Å². The second-order valence-electron chi connectivity index (χ2n) is 6.02. The number of nitrogens with zero attached hydrogens (tertiary/aromatic N) is 1. The Morgan fingerprint density at radius 3 is 2.39 bits per heavy atom. The third kappa shape index (κ3) is 9.59. The second-order valence-corrected chi connectivity index (χ2v) is 6.02. The van der Waals surface area contributed by atoms with Crippen LogP contribution in [0, 0.1) is 5.41 Å². The number of halogens is 4. The number of unbranched alkanes of at least 4 members (excludes halogenated alkanes) is 1. The molecule has 1 aliphatic carbocycles. The summed E-state index contributed by atoms with van der Waals surface area (Å²) in [5.74, 6) is 0.663. The molecule has 23 heavy (non-hydrogen) atoms. The first-order valence-electron chi connectivity index (χ1n) is 7.91. The number of hydrogen-bond acceptors (Lipinski definition) is 2. The van der Waals surface area contributed by atoms with Crippen molar-refractivity contribution in [2.75, 3.05) is 33.9 Å². The van der Waals surface area contributed by atoms with Crippen LogP contribution in [0.3, 0.4) is 0 Å². The molecular formula is C15H29F3IN3O. The maximum atomic E-state index is 12.0. The molecule has 0 aliphatic heterocycles. The van der Waals surface area contributed by atoms with Crippen molar-refractivity contribution in [2.24, 2.45) is 10.4 Å². The average Bonchev–Trinajstić information content (AvgIpc) is 2.41. The Balaban J connectivity index is 0.00000484. The summed E-state index contributed by atoms with van der Waals surface area (Å²) in [5.41, 5.74) is 0.282. The van der Waals surface area contributed by atoms with Gasteiger partial charge in [-0.15, -0.1) is 24.0 Å². The van der Waals surface area contributed by atoms with Crippen LogP contribution in [0.2, 0.25) is 0 Å². The maximum Gasteiger partial charge on any atom is 0.389 e. The third-order valence-electron chi connectivity index (χ3n) is 4.28. The van der Waals surface area contributed by atoms with Crippen molar-refractivity contribution < 1.29 is 17.9 Å². The fourth-order valence-corrected chi connectivity index (χ4v) is 2.66. The lowest BCUT2D eigenvalue weighted by Gasteiger charge is -2.42. The van der Waals surface area contributed by atoms with Crippen LogP contribution in [0.15, 0.2) is 4.99 Å². The molecule has 0 atom stereocenters. The van der Waals surface area contributed by atoms with E-state index in [1.54, 1.807) is 14.2 Å². The molecule has 0 radical (unpaired) electrons. The minimum atomic E-state index is -4.06. The number of ether oxygens (including phenoxy) is 1. The van der Waals surface area contributed by atoms with Crippen LogP contribution < -0.4 is 10.6 Å². The Hall–Kier alpha value is -0.250. The molecule has 0 amide bonds. The Morgan fingerprint density at radius 1 is 1.22 bits per heavy atom. The molecule has 0 aromatic carbocycles. The normalized spacial score (nSPS) is 17.2. The minimum absolute atomic E-state index is 0. The van der Waals surface area contributed by atoms with Crippen molar-refractivity contribution in [1.82, 2.24) is 10.6 Å². The van der Waals surface area contributed by atoms with Gasteiger partial charge in [0.25, 0.3) is 0 Å². The van der Waals surface area contributed by atoms with E-state index < -0.39 is 12.6 Å². The quantitative estimate of drug-likeness (QED) is 0.243. The average molecular weight is 451 g/mol. The molecule has 1 saturated carbocycles. The van der Waals surface area contributed by atoms with E-state index in [-0.39, 0.29) is 35.8 Å². The van der Waals surface area contributed by atoms with Crippen molar-refractivity contribution in [1.29, 1.82) is 0 Å². The van der Waals surface area contributed by atoms with E-state index in [0.717, 1.165) is 19.6 Å². The minimum Gasteiger partial charge on any atom is -0.385 e.